The van der Waals surface area contributed by atoms with Crippen molar-refractivity contribution >= 4 is 22.9 Å². The van der Waals surface area contributed by atoms with Crippen molar-refractivity contribution in [3.63, 3.8) is 0 Å². The molecule has 17 heavy (non-hydrogen) atoms. The highest BCUT2D eigenvalue weighted by Crippen LogP contribution is 2.29. The molecule has 0 atom stereocenters. The van der Waals surface area contributed by atoms with Crippen molar-refractivity contribution in [1.82, 2.24) is 4.98 Å². The van der Waals surface area contributed by atoms with Crippen LogP contribution in [0.2, 0.25) is 0 Å². The number of thiazole rings is 1. The highest BCUT2D eigenvalue weighted by Gasteiger charge is 2.07. The summed E-state index contributed by atoms with van der Waals surface area (Å²) in [5.74, 6) is 1.40. The Kier molecular flexibility index (Phi) is 4.02. The van der Waals surface area contributed by atoms with Gasteiger partial charge in [-0.05, 0) is 30.2 Å². The summed E-state index contributed by atoms with van der Waals surface area (Å²) in [4.78, 5) is 4.48. The SMILES string of the molecule is CCc1cc(-c2nc(CCl)cs2)ccc1OC. The molecule has 0 aliphatic rings. The van der Waals surface area contributed by atoms with Crippen LogP contribution in [0.25, 0.3) is 10.6 Å². The molecule has 0 amide bonds. The third-order valence-corrected chi connectivity index (χ3v) is 3.81. The van der Waals surface area contributed by atoms with Gasteiger partial charge in [0.15, 0.2) is 0 Å². The Morgan fingerprint density at radius 2 is 2.24 bits per heavy atom. The van der Waals surface area contributed by atoms with Gasteiger partial charge in [0.1, 0.15) is 10.8 Å². The number of ether oxygens (including phenoxy) is 1. The number of halogens is 1. The largest absolute Gasteiger partial charge is 0.496 e. The van der Waals surface area contributed by atoms with Crippen LogP contribution in [0.3, 0.4) is 0 Å². The second kappa shape index (κ2) is 5.52. The smallest absolute Gasteiger partial charge is 0.123 e. The summed E-state index contributed by atoms with van der Waals surface area (Å²) in [6.45, 7) is 2.12. The Morgan fingerprint density at radius 3 is 2.82 bits per heavy atom. The highest BCUT2D eigenvalue weighted by molar-refractivity contribution is 7.13. The van der Waals surface area contributed by atoms with Gasteiger partial charge in [0.25, 0.3) is 0 Å². The van der Waals surface area contributed by atoms with Crippen molar-refractivity contribution in [2.45, 2.75) is 19.2 Å². The molecule has 0 N–H and O–H groups in total. The third kappa shape index (κ3) is 2.61. The molecule has 1 heterocycles. The molecular formula is C13H14ClNOS. The summed E-state index contributed by atoms with van der Waals surface area (Å²) < 4.78 is 5.32. The van der Waals surface area contributed by atoms with E-state index in [1.54, 1.807) is 18.4 Å². The van der Waals surface area contributed by atoms with E-state index >= 15 is 0 Å². The zero-order valence-electron chi connectivity index (χ0n) is 9.87. The second-order valence-corrected chi connectivity index (χ2v) is 4.78. The summed E-state index contributed by atoms with van der Waals surface area (Å²) in [5, 5.41) is 3.01. The molecule has 0 unspecified atom stereocenters. The number of nitrogens with zero attached hydrogens (tertiary/aromatic N) is 1. The number of hydrogen-bond acceptors (Lipinski definition) is 3. The lowest BCUT2D eigenvalue weighted by Crippen LogP contribution is -1.91. The number of benzene rings is 1. The first kappa shape index (κ1) is 12.4. The zero-order chi connectivity index (χ0) is 12.3. The van der Waals surface area contributed by atoms with E-state index in [2.05, 4.69) is 18.0 Å². The molecule has 0 aliphatic carbocycles. The van der Waals surface area contributed by atoms with Crippen LogP contribution < -0.4 is 4.74 Å². The predicted octanol–water partition coefficient (Wildman–Crippen LogP) is 4.12. The molecule has 1 aromatic carbocycles. The van der Waals surface area contributed by atoms with Gasteiger partial charge < -0.3 is 4.74 Å². The van der Waals surface area contributed by atoms with Crippen molar-refractivity contribution in [2.24, 2.45) is 0 Å². The van der Waals surface area contributed by atoms with E-state index in [-0.39, 0.29) is 0 Å². The lowest BCUT2D eigenvalue weighted by atomic mass is 10.1. The summed E-state index contributed by atoms with van der Waals surface area (Å²) in [6.07, 6.45) is 0.949. The van der Waals surface area contributed by atoms with E-state index < -0.39 is 0 Å². The molecule has 0 bridgehead atoms. The van der Waals surface area contributed by atoms with Gasteiger partial charge in [-0.25, -0.2) is 4.98 Å². The minimum absolute atomic E-state index is 0.466. The third-order valence-electron chi connectivity index (χ3n) is 2.60. The molecule has 1 aromatic heterocycles. The van der Waals surface area contributed by atoms with Gasteiger partial charge in [-0.3, -0.25) is 0 Å². The van der Waals surface area contributed by atoms with Gasteiger partial charge in [0, 0.05) is 10.9 Å². The number of alkyl halides is 1. The van der Waals surface area contributed by atoms with E-state index in [4.69, 9.17) is 16.3 Å². The summed E-state index contributed by atoms with van der Waals surface area (Å²) >= 11 is 7.38. The van der Waals surface area contributed by atoms with Gasteiger partial charge in [-0.15, -0.1) is 22.9 Å². The van der Waals surface area contributed by atoms with Gasteiger partial charge in [-0.2, -0.15) is 0 Å². The molecule has 0 spiro atoms. The molecule has 0 saturated heterocycles. The van der Waals surface area contributed by atoms with E-state index in [0.717, 1.165) is 28.4 Å². The first-order valence-corrected chi connectivity index (χ1v) is 6.87. The lowest BCUT2D eigenvalue weighted by molar-refractivity contribution is 0.410. The zero-order valence-corrected chi connectivity index (χ0v) is 11.4. The van der Waals surface area contributed by atoms with Gasteiger partial charge >= 0.3 is 0 Å². The van der Waals surface area contributed by atoms with Crippen LogP contribution in [0.15, 0.2) is 23.6 Å². The van der Waals surface area contributed by atoms with Crippen LogP contribution in [0.1, 0.15) is 18.2 Å². The molecule has 2 rings (SSSR count). The van der Waals surface area contributed by atoms with Gasteiger partial charge in [0.05, 0.1) is 18.7 Å². The van der Waals surface area contributed by atoms with Crippen molar-refractivity contribution in [2.75, 3.05) is 7.11 Å². The van der Waals surface area contributed by atoms with Crippen LogP contribution in [-0.4, -0.2) is 12.1 Å². The Balaban J connectivity index is 2.38. The maximum absolute atomic E-state index is 5.76. The first-order chi connectivity index (χ1) is 8.28. The monoisotopic (exact) mass is 267 g/mol. The molecule has 4 heteroatoms. The van der Waals surface area contributed by atoms with Crippen LogP contribution in [0, 0.1) is 0 Å². The van der Waals surface area contributed by atoms with Crippen molar-refractivity contribution in [3.8, 4) is 16.3 Å². The number of rotatable bonds is 4. The van der Waals surface area contributed by atoms with E-state index in [1.807, 2.05) is 17.5 Å². The van der Waals surface area contributed by atoms with Gasteiger partial charge in [-0.1, -0.05) is 6.92 Å². The molecule has 0 saturated carbocycles. The van der Waals surface area contributed by atoms with Crippen molar-refractivity contribution in [1.29, 1.82) is 0 Å². The maximum atomic E-state index is 5.76. The second-order valence-electron chi connectivity index (χ2n) is 3.66. The van der Waals surface area contributed by atoms with E-state index in [0.29, 0.717) is 5.88 Å². The minimum Gasteiger partial charge on any atom is -0.496 e. The maximum Gasteiger partial charge on any atom is 0.123 e. The lowest BCUT2D eigenvalue weighted by Gasteiger charge is -2.07. The Morgan fingerprint density at radius 1 is 1.41 bits per heavy atom. The number of methoxy groups -OCH3 is 1. The molecule has 2 aromatic rings. The summed E-state index contributed by atoms with van der Waals surface area (Å²) in [5.41, 5.74) is 3.26. The summed E-state index contributed by atoms with van der Waals surface area (Å²) in [6, 6.07) is 6.17. The molecule has 2 nitrogen and oxygen atoms in total. The minimum atomic E-state index is 0.466. The molecule has 0 radical (unpaired) electrons. The van der Waals surface area contributed by atoms with E-state index in [9.17, 15) is 0 Å². The number of aromatic nitrogens is 1. The molecule has 0 fully saturated rings. The predicted molar refractivity (Wildman–Crippen MR) is 73.0 cm³/mol. The highest BCUT2D eigenvalue weighted by atomic mass is 35.5. The average molecular weight is 268 g/mol. The van der Waals surface area contributed by atoms with Crippen molar-refractivity contribution < 1.29 is 4.74 Å². The van der Waals surface area contributed by atoms with E-state index in [1.165, 1.54) is 5.56 Å². The summed E-state index contributed by atoms with van der Waals surface area (Å²) in [7, 11) is 1.70. The molecular weight excluding hydrogens is 254 g/mol. The van der Waals surface area contributed by atoms with Crippen LogP contribution in [-0.2, 0) is 12.3 Å². The fraction of sp³-hybridized carbons (Fsp3) is 0.308. The van der Waals surface area contributed by atoms with Crippen LogP contribution in [0.4, 0.5) is 0 Å². The molecule has 90 valence electrons. The van der Waals surface area contributed by atoms with Crippen molar-refractivity contribution in [3.05, 3.63) is 34.8 Å². The fourth-order valence-electron chi connectivity index (χ4n) is 1.69. The number of hydrogen-bond donors (Lipinski definition) is 0. The normalized spacial score (nSPS) is 10.5. The Bertz CT molecular complexity index is 510. The Labute approximate surface area is 110 Å². The van der Waals surface area contributed by atoms with Crippen LogP contribution >= 0.6 is 22.9 Å². The van der Waals surface area contributed by atoms with Gasteiger partial charge in [0.2, 0.25) is 0 Å². The standard InChI is InChI=1S/C13H14ClNOS/c1-3-9-6-10(4-5-12(9)16-2)13-15-11(7-14)8-17-13/h4-6,8H,3,7H2,1-2H3. The molecule has 0 aliphatic heterocycles. The fourth-order valence-corrected chi connectivity index (χ4v) is 2.73. The topological polar surface area (TPSA) is 22.1 Å². The Hall–Kier alpha value is -1.06. The first-order valence-electron chi connectivity index (χ1n) is 5.46. The van der Waals surface area contributed by atoms with Crippen LogP contribution in [0.5, 0.6) is 5.75 Å². The average Bonchev–Trinajstić information content (AvgIpc) is 2.86. The quantitative estimate of drug-likeness (QED) is 0.778. The number of aryl methyl sites for hydroxylation is 1.